The predicted octanol–water partition coefficient (Wildman–Crippen LogP) is 11.0. The average molecular weight is 817 g/mol. The van der Waals surface area contributed by atoms with E-state index in [0.717, 1.165) is 70.6 Å². The summed E-state index contributed by atoms with van der Waals surface area (Å²) in [6.45, 7) is 2.07. The number of hydrogen-bond acceptors (Lipinski definition) is 9. The second kappa shape index (κ2) is 40.8. The molecular formula is C46H73O10P. The van der Waals surface area contributed by atoms with Crippen molar-refractivity contribution in [3.63, 3.8) is 0 Å². The van der Waals surface area contributed by atoms with Crippen LogP contribution in [0.25, 0.3) is 0 Å². The van der Waals surface area contributed by atoms with E-state index in [0.29, 0.717) is 12.8 Å². The highest BCUT2D eigenvalue weighted by atomic mass is 31.2. The first-order valence-corrected chi connectivity index (χ1v) is 22.3. The van der Waals surface area contributed by atoms with Crippen molar-refractivity contribution in [1.82, 2.24) is 0 Å². The quantitative estimate of drug-likeness (QED) is 0.0239. The van der Waals surface area contributed by atoms with E-state index in [1.165, 1.54) is 19.3 Å². The molecule has 0 rings (SSSR count). The Labute approximate surface area is 344 Å². The Morgan fingerprint density at radius 2 is 0.982 bits per heavy atom. The van der Waals surface area contributed by atoms with Crippen molar-refractivity contribution in [3.05, 3.63) is 109 Å². The van der Waals surface area contributed by atoms with E-state index in [1.807, 2.05) is 12.2 Å². The molecule has 0 aromatic carbocycles. The van der Waals surface area contributed by atoms with Crippen LogP contribution in [0.15, 0.2) is 109 Å². The Morgan fingerprint density at radius 1 is 0.544 bits per heavy atom. The van der Waals surface area contributed by atoms with Gasteiger partial charge in [-0.2, -0.15) is 0 Å². The molecule has 0 heterocycles. The molecule has 0 aliphatic carbocycles. The highest BCUT2D eigenvalue weighted by Crippen LogP contribution is 2.43. The van der Waals surface area contributed by atoms with Gasteiger partial charge in [0.2, 0.25) is 0 Å². The molecule has 57 heavy (non-hydrogen) atoms. The Kier molecular flexibility index (Phi) is 38.4. The number of esters is 2. The first-order chi connectivity index (χ1) is 27.7. The van der Waals surface area contributed by atoms with Crippen LogP contribution < -0.4 is 0 Å². The molecule has 0 saturated carbocycles. The number of ether oxygens (including phenoxy) is 2. The summed E-state index contributed by atoms with van der Waals surface area (Å²) in [6, 6.07) is 0. The highest BCUT2D eigenvalue weighted by molar-refractivity contribution is 7.47. The lowest BCUT2D eigenvalue weighted by Gasteiger charge is -2.20. The largest absolute Gasteiger partial charge is 0.472 e. The molecule has 10 nitrogen and oxygen atoms in total. The molecule has 0 bridgehead atoms. The molecule has 0 aromatic heterocycles. The first-order valence-electron chi connectivity index (χ1n) is 20.8. The second-order valence-corrected chi connectivity index (χ2v) is 14.7. The van der Waals surface area contributed by atoms with Gasteiger partial charge in [-0.05, 0) is 89.9 Å². The molecule has 0 amide bonds. The van der Waals surface area contributed by atoms with E-state index < -0.39 is 51.8 Å². The lowest BCUT2D eigenvalue weighted by molar-refractivity contribution is -0.161. The van der Waals surface area contributed by atoms with Crippen LogP contribution in [0.2, 0.25) is 0 Å². The summed E-state index contributed by atoms with van der Waals surface area (Å²) in [5.41, 5.74) is 0. The van der Waals surface area contributed by atoms with Crippen molar-refractivity contribution in [1.29, 1.82) is 0 Å². The smallest absolute Gasteiger partial charge is 0.462 e. The standard InChI is InChI=1S/C46H73O10P/c1-3-5-7-9-11-13-15-17-19-20-21-22-24-25-27-29-31-33-35-37-45(49)53-41-44(42-55-57(51,52)54-40-43(48)39-47)56-46(50)38-36-34-32-30-28-26-23-18-16-14-12-10-8-6-4-2/h5,7,11-14,17-19,21-23,25,27-28,30-31,33,43-44,47-48H,3-4,6,8-10,15-16,20,24,26,29,32,34-42H2,1-2H3,(H,51,52)/b7-5+,13-11+,14-12+,19-17+,22-21+,23-18+,27-25+,30-28+,33-31+/t43-,44+/m0/s1. The van der Waals surface area contributed by atoms with Crippen LogP contribution >= 0.6 is 7.82 Å². The summed E-state index contributed by atoms with van der Waals surface area (Å²) >= 11 is 0. The third-order valence-corrected chi connectivity index (χ3v) is 8.88. The number of aliphatic hydroxyl groups excluding tert-OH is 2. The number of carbonyl (C=O) groups is 2. The van der Waals surface area contributed by atoms with E-state index in [4.69, 9.17) is 19.1 Å². The van der Waals surface area contributed by atoms with Crippen LogP contribution in [0.3, 0.4) is 0 Å². The van der Waals surface area contributed by atoms with Crippen molar-refractivity contribution in [2.24, 2.45) is 0 Å². The molecule has 3 atom stereocenters. The number of rotatable bonds is 37. The van der Waals surface area contributed by atoms with Crippen LogP contribution in [-0.2, 0) is 32.7 Å². The van der Waals surface area contributed by atoms with Gasteiger partial charge in [0.05, 0.1) is 19.8 Å². The fourth-order valence-electron chi connectivity index (χ4n) is 4.73. The van der Waals surface area contributed by atoms with Crippen LogP contribution in [0.1, 0.15) is 129 Å². The van der Waals surface area contributed by atoms with Crippen molar-refractivity contribution < 1.29 is 47.8 Å². The summed E-state index contributed by atoms with van der Waals surface area (Å²) < 4.78 is 32.5. The van der Waals surface area contributed by atoms with Gasteiger partial charge in [0.15, 0.2) is 6.10 Å². The maximum Gasteiger partial charge on any atom is 0.472 e. The fraction of sp³-hybridized carbons (Fsp3) is 0.565. The minimum atomic E-state index is -4.65. The molecule has 1 unspecified atom stereocenters. The molecule has 11 heteroatoms. The zero-order valence-corrected chi connectivity index (χ0v) is 35.6. The van der Waals surface area contributed by atoms with Gasteiger partial charge >= 0.3 is 19.8 Å². The monoisotopic (exact) mass is 816 g/mol. The van der Waals surface area contributed by atoms with Crippen LogP contribution in [0.4, 0.5) is 0 Å². The molecule has 0 aromatic rings. The van der Waals surface area contributed by atoms with E-state index in [2.05, 4.69) is 116 Å². The third kappa shape index (κ3) is 40.6. The van der Waals surface area contributed by atoms with Gasteiger partial charge < -0.3 is 24.6 Å². The van der Waals surface area contributed by atoms with E-state index in [-0.39, 0.29) is 19.4 Å². The molecule has 0 aliphatic rings. The highest BCUT2D eigenvalue weighted by Gasteiger charge is 2.27. The SMILES string of the molecule is CC/C=C/C/C=C/C/C=C/C/C=C/C/C=C/C/C=C/CCC(=O)OC[C@H](COP(=O)(O)OC[C@@H](O)CO)OC(=O)CCCC/C=C/C/C=C/C/C=C/CCCCC. The van der Waals surface area contributed by atoms with Gasteiger partial charge in [0, 0.05) is 12.8 Å². The summed E-state index contributed by atoms with van der Waals surface area (Å²) in [4.78, 5) is 34.9. The lowest BCUT2D eigenvalue weighted by Crippen LogP contribution is -2.29. The molecule has 322 valence electrons. The Morgan fingerprint density at radius 3 is 1.46 bits per heavy atom. The summed E-state index contributed by atoms with van der Waals surface area (Å²) in [6.07, 6.45) is 50.7. The van der Waals surface area contributed by atoms with Gasteiger partial charge in [-0.1, -0.05) is 136 Å². The van der Waals surface area contributed by atoms with E-state index >= 15 is 0 Å². The zero-order valence-electron chi connectivity index (χ0n) is 34.7. The number of allylic oxidation sites excluding steroid dienone is 18. The Bertz CT molecular complexity index is 1310. The van der Waals surface area contributed by atoms with Gasteiger partial charge in [0.25, 0.3) is 0 Å². The topological polar surface area (TPSA) is 149 Å². The summed E-state index contributed by atoms with van der Waals surface area (Å²) in [5.74, 6) is -1.08. The zero-order chi connectivity index (χ0) is 41.9. The lowest BCUT2D eigenvalue weighted by atomic mass is 10.1. The minimum Gasteiger partial charge on any atom is -0.462 e. The number of hydrogen-bond donors (Lipinski definition) is 3. The van der Waals surface area contributed by atoms with Crippen LogP contribution in [0.5, 0.6) is 0 Å². The van der Waals surface area contributed by atoms with Crippen molar-refractivity contribution in [2.75, 3.05) is 26.4 Å². The van der Waals surface area contributed by atoms with Gasteiger partial charge in [-0.15, -0.1) is 0 Å². The third-order valence-electron chi connectivity index (χ3n) is 7.92. The van der Waals surface area contributed by atoms with E-state index in [1.54, 1.807) is 0 Å². The number of carbonyl (C=O) groups excluding carboxylic acids is 2. The molecule has 0 spiro atoms. The number of aliphatic hydroxyl groups is 2. The van der Waals surface area contributed by atoms with Crippen molar-refractivity contribution in [3.8, 4) is 0 Å². The first kappa shape index (κ1) is 53.6. The molecule has 0 saturated heterocycles. The van der Waals surface area contributed by atoms with Gasteiger partial charge in [-0.3, -0.25) is 18.6 Å². The minimum absolute atomic E-state index is 0.101. The second-order valence-electron chi connectivity index (χ2n) is 13.3. The predicted molar refractivity (Wildman–Crippen MR) is 232 cm³/mol. The average Bonchev–Trinajstić information content (AvgIpc) is 3.20. The molecular weight excluding hydrogens is 743 g/mol. The molecule has 0 aliphatic heterocycles. The van der Waals surface area contributed by atoms with Gasteiger partial charge in [-0.25, -0.2) is 4.57 Å². The molecule has 0 radical (unpaired) electrons. The number of unbranched alkanes of at least 4 members (excludes halogenated alkanes) is 5. The maximum absolute atomic E-state index is 12.6. The van der Waals surface area contributed by atoms with Crippen LogP contribution in [-0.4, -0.2) is 65.7 Å². The normalized spacial score (nSPS) is 15.0. The number of phosphoric acid groups is 1. The molecule has 0 fully saturated rings. The van der Waals surface area contributed by atoms with E-state index in [9.17, 15) is 24.2 Å². The van der Waals surface area contributed by atoms with Crippen molar-refractivity contribution >= 4 is 19.8 Å². The summed E-state index contributed by atoms with van der Waals surface area (Å²) in [7, 11) is -4.65. The number of phosphoric ester groups is 1. The van der Waals surface area contributed by atoms with Crippen molar-refractivity contribution in [2.45, 2.75) is 142 Å². The fourth-order valence-corrected chi connectivity index (χ4v) is 5.52. The Balaban J connectivity index is 4.53. The molecule has 3 N–H and O–H groups in total. The summed E-state index contributed by atoms with van der Waals surface area (Å²) in [5, 5.41) is 18.3. The van der Waals surface area contributed by atoms with Crippen LogP contribution in [0, 0.1) is 0 Å². The Hall–Kier alpha value is -3.37. The maximum atomic E-state index is 12.6. The van der Waals surface area contributed by atoms with Gasteiger partial charge in [0.1, 0.15) is 12.7 Å².